The summed E-state index contributed by atoms with van der Waals surface area (Å²) in [4.78, 5) is 7.09. The summed E-state index contributed by atoms with van der Waals surface area (Å²) in [6.07, 6.45) is 2.05. The minimum Gasteiger partial charge on any atom is -0.330 e. The second-order valence-electron chi connectivity index (χ2n) is 4.92. The van der Waals surface area contributed by atoms with E-state index in [-0.39, 0.29) is 0 Å². The summed E-state index contributed by atoms with van der Waals surface area (Å²) in [6.45, 7) is 5.77. The maximum absolute atomic E-state index is 5.65. The summed E-state index contributed by atoms with van der Waals surface area (Å²) in [6, 6.07) is 10.6. The van der Waals surface area contributed by atoms with Gasteiger partial charge in [-0.1, -0.05) is 37.3 Å². The normalized spacial score (nSPS) is 11.2. The molecule has 1 aromatic carbocycles. The predicted molar refractivity (Wildman–Crippen MR) is 85.7 cm³/mol. The van der Waals surface area contributed by atoms with E-state index in [1.165, 1.54) is 16.3 Å². The molecule has 2 N–H and O–H groups in total. The van der Waals surface area contributed by atoms with Crippen molar-refractivity contribution in [3.8, 4) is 0 Å². The molecule has 0 fully saturated rings. The standard InChI is InChI=1S/C16H23N3S/c1-2-16-18-15(13-20-16)12-19(10-6-9-17)11-14-7-4-3-5-8-14/h3-5,7-8,13H,2,6,9-12,17H2,1H3. The molecule has 0 bridgehead atoms. The third kappa shape index (κ3) is 4.71. The Hall–Kier alpha value is -1.23. The summed E-state index contributed by atoms with van der Waals surface area (Å²) < 4.78 is 0. The monoisotopic (exact) mass is 289 g/mol. The number of thiazole rings is 1. The van der Waals surface area contributed by atoms with E-state index in [2.05, 4.69) is 52.5 Å². The summed E-state index contributed by atoms with van der Waals surface area (Å²) in [5, 5.41) is 3.40. The quantitative estimate of drug-likeness (QED) is 0.812. The molecular formula is C16H23N3S. The Bertz CT molecular complexity index is 495. The zero-order valence-corrected chi connectivity index (χ0v) is 12.9. The van der Waals surface area contributed by atoms with Gasteiger partial charge < -0.3 is 5.73 Å². The highest BCUT2D eigenvalue weighted by Gasteiger charge is 2.09. The topological polar surface area (TPSA) is 42.2 Å². The maximum Gasteiger partial charge on any atom is 0.0926 e. The Balaban J connectivity index is 1.99. The van der Waals surface area contributed by atoms with Crippen molar-refractivity contribution in [3.63, 3.8) is 0 Å². The number of nitrogens with zero attached hydrogens (tertiary/aromatic N) is 2. The van der Waals surface area contributed by atoms with Crippen LogP contribution in [0.25, 0.3) is 0 Å². The molecule has 4 heteroatoms. The number of aryl methyl sites for hydroxylation is 1. The van der Waals surface area contributed by atoms with E-state index < -0.39 is 0 Å². The molecule has 0 aliphatic heterocycles. The highest BCUT2D eigenvalue weighted by molar-refractivity contribution is 7.09. The van der Waals surface area contributed by atoms with Crippen molar-refractivity contribution in [1.82, 2.24) is 9.88 Å². The van der Waals surface area contributed by atoms with Gasteiger partial charge in [0.2, 0.25) is 0 Å². The van der Waals surface area contributed by atoms with Gasteiger partial charge in [0.15, 0.2) is 0 Å². The van der Waals surface area contributed by atoms with Gasteiger partial charge >= 0.3 is 0 Å². The van der Waals surface area contributed by atoms with Crippen molar-refractivity contribution in [3.05, 3.63) is 52.0 Å². The largest absolute Gasteiger partial charge is 0.330 e. The Morgan fingerprint density at radius 2 is 2.00 bits per heavy atom. The molecule has 0 saturated carbocycles. The van der Waals surface area contributed by atoms with E-state index in [0.29, 0.717) is 0 Å². The van der Waals surface area contributed by atoms with Crippen LogP contribution in [0.15, 0.2) is 35.7 Å². The zero-order chi connectivity index (χ0) is 14.2. The first-order chi connectivity index (χ1) is 9.81. The predicted octanol–water partition coefficient (Wildman–Crippen LogP) is 3.06. The number of rotatable bonds is 8. The molecule has 108 valence electrons. The van der Waals surface area contributed by atoms with E-state index in [4.69, 9.17) is 5.73 Å². The van der Waals surface area contributed by atoms with Gasteiger partial charge in [-0.15, -0.1) is 11.3 Å². The van der Waals surface area contributed by atoms with Crippen LogP contribution < -0.4 is 5.73 Å². The van der Waals surface area contributed by atoms with Crippen LogP contribution in [0.3, 0.4) is 0 Å². The molecule has 0 aliphatic rings. The molecule has 1 heterocycles. The Morgan fingerprint density at radius 1 is 1.20 bits per heavy atom. The molecule has 1 aromatic heterocycles. The minimum absolute atomic E-state index is 0.739. The van der Waals surface area contributed by atoms with Gasteiger partial charge in [0.05, 0.1) is 10.7 Å². The van der Waals surface area contributed by atoms with Crippen LogP contribution >= 0.6 is 11.3 Å². The number of hydrogen-bond donors (Lipinski definition) is 1. The summed E-state index contributed by atoms with van der Waals surface area (Å²) in [7, 11) is 0. The molecular weight excluding hydrogens is 266 g/mol. The van der Waals surface area contributed by atoms with E-state index in [9.17, 15) is 0 Å². The highest BCUT2D eigenvalue weighted by Crippen LogP contribution is 2.14. The fourth-order valence-corrected chi connectivity index (χ4v) is 2.92. The van der Waals surface area contributed by atoms with Crippen molar-refractivity contribution < 1.29 is 0 Å². The average Bonchev–Trinajstić information content (AvgIpc) is 2.93. The highest BCUT2D eigenvalue weighted by atomic mass is 32.1. The molecule has 0 spiro atoms. The molecule has 0 atom stereocenters. The van der Waals surface area contributed by atoms with Crippen LogP contribution in [-0.4, -0.2) is 23.0 Å². The zero-order valence-electron chi connectivity index (χ0n) is 12.1. The lowest BCUT2D eigenvalue weighted by Crippen LogP contribution is -2.25. The Morgan fingerprint density at radius 3 is 2.65 bits per heavy atom. The Kier molecular flexibility index (Phi) is 6.18. The number of benzene rings is 1. The minimum atomic E-state index is 0.739. The van der Waals surface area contributed by atoms with Crippen LogP contribution in [0.2, 0.25) is 0 Å². The molecule has 0 unspecified atom stereocenters. The molecule has 0 radical (unpaired) electrons. The van der Waals surface area contributed by atoms with Gasteiger partial charge in [-0.2, -0.15) is 0 Å². The van der Waals surface area contributed by atoms with E-state index in [1.54, 1.807) is 11.3 Å². The van der Waals surface area contributed by atoms with Crippen molar-refractivity contribution in [1.29, 1.82) is 0 Å². The summed E-state index contributed by atoms with van der Waals surface area (Å²) in [5.74, 6) is 0. The fraction of sp³-hybridized carbons (Fsp3) is 0.438. The van der Waals surface area contributed by atoms with Crippen LogP contribution in [0, 0.1) is 0 Å². The summed E-state index contributed by atoms with van der Waals surface area (Å²) in [5.41, 5.74) is 8.17. The van der Waals surface area contributed by atoms with E-state index in [0.717, 1.165) is 39.0 Å². The third-order valence-electron chi connectivity index (χ3n) is 3.21. The number of nitrogens with two attached hydrogens (primary N) is 1. The molecule has 3 nitrogen and oxygen atoms in total. The summed E-state index contributed by atoms with van der Waals surface area (Å²) >= 11 is 1.76. The second kappa shape index (κ2) is 8.15. The lowest BCUT2D eigenvalue weighted by atomic mass is 10.2. The molecule has 2 rings (SSSR count). The van der Waals surface area contributed by atoms with Crippen molar-refractivity contribution >= 4 is 11.3 Å². The first-order valence-corrected chi connectivity index (χ1v) is 8.09. The van der Waals surface area contributed by atoms with Gasteiger partial charge in [0, 0.05) is 25.0 Å². The maximum atomic E-state index is 5.65. The lowest BCUT2D eigenvalue weighted by molar-refractivity contribution is 0.252. The van der Waals surface area contributed by atoms with Crippen LogP contribution in [0.4, 0.5) is 0 Å². The molecule has 0 aliphatic carbocycles. The number of aromatic nitrogens is 1. The molecule has 20 heavy (non-hydrogen) atoms. The van der Waals surface area contributed by atoms with Crippen LogP contribution in [0.1, 0.15) is 29.6 Å². The van der Waals surface area contributed by atoms with E-state index >= 15 is 0 Å². The van der Waals surface area contributed by atoms with Gasteiger partial charge in [-0.05, 0) is 24.9 Å². The Labute approximate surface area is 125 Å². The molecule has 0 amide bonds. The molecule has 2 aromatic rings. The van der Waals surface area contributed by atoms with Gasteiger partial charge in [0.25, 0.3) is 0 Å². The SMILES string of the molecule is CCc1nc(CN(CCCN)Cc2ccccc2)cs1. The lowest BCUT2D eigenvalue weighted by Gasteiger charge is -2.21. The first-order valence-electron chi connectivity index (χ1n) is 7.21. The number of hydrogen-bond acceptors (Lipinski definition) is 4. The van der Waals surface area contributed by atoms with Crippen LogP contribution in [-0.2, 0) is 19.5 Å². The van der Waals surface area contributed by atoms with Gasteiger partial charge in [-0.3, -0.25) is 4.90 Å². The van der Waals surface area contributed by atoms with Crippen molar-refractivity contribution in [2.24, 2.45) is 5.73 Å². The van der Waals surface area contributed by atoms with Crippen LogP contribution in [0.5, 0.6) is 0 Å². The van der Waals surface area contributed by atoms with Crippen molar-refractivity contribution in [2.75, 3.05) is 13.1 Å². The van der Waals surface area contributed by atoms with Gasteiger partial charge in [-0.25, -0.2) is 4.98 Å². The average molecular weight is 289 g/mol. The smallest absolute Gasteiger partial charge is 0.0926 e. The second-order valence-corrected chi connectivity index (χ2v) is 5.87. The molecule has 0 saturated heterocycles. The third-order valence-corrected chi connectivity index (χ3v) is 4.26. The van der Waals surface area contributed by atoms with Gasteiger partial charge in [0.1, 0.15) is 0 Å². The van der Waals surface area contributed by atoms with Crippen molar-refractivity contribution in [2.45, 2.75) is 32.9 Å². The first kappa shape index (κ1) is 15.2. The van der Waals surface area contributed by atoms with E-state index in [1.807, 2.05) is 0 Å². The fourth-order valence-electron chi connectivity index (χ4n) is 2.18.